The first-order chi connectivity index (χ1) is 16.8. The molecule has 6 nitrogen and oxygen atoms in total. The molecule has 1 fully saturated rings. The first kappa shape index (κ1) is 24.4. The minimum atomic E-state index is -4.49. The maximum Gasteiger partial charge on any atom is 0.416 e. The topological polar surface area (TPSA) is 52.7 Å². The summed E-state index contributed by atoms with van der Waals surface area (Å²) in [6, 6.07) is 18.3. The van der Waals surface area contributed by atoms with Gasteiger partial charge in [-0.05, 0) is 66.2 Å². The second-order valence-electron chi connectivity index (χ2n) is 7.73. The summed E-state index contributed by atoms with van der Waals surface area (Å²) in [6.07, 6.45) is -4.49. The Morgan fingerprint density at radius 3 is 2.31 bits per heavy atom. The van der Waals surface area contributed by atoms with E-state index in [1.54, 1.807) is 64.4 Å². The normalized spacial score (nSPS) is 17.0. The van der Waals surface area contributed by atoms with Gasteiger partial charge in [0.05, 0.1) is 18.2 Å². The molecular formula is C25H20ClF3N4O2. The van der Waals surface area contributed by atoms with Gasteiger partial charge in [0.1, 0.15) is 16.6 Å². The van der Waals surface area contributed by atoms with Crippen LogP contribution in [0.3, 0.4) is 0 Å². The third kappa shape index (κ3) is 5.50. The van der Waals surface area contributed by atoms with Gasteiger partial charge < -0.3 is 14.7 Å². The number of ether oxygens (including phenoxy) is 1. The van der Waals surface area contributed by atoms with Crippen molar-refractivity contribution in [2.45, 2.75) is 12.2 Å². The number of alkyl halides is 3. The molecule has 1 aliphatic rings. The van der Waals surface area contributed by atoms with E-state index in [1.807, 2.05) is 0 Å². The standard InChI is InChI=1S/C25H20ClF3N4O2/c1-30-31-24-32(13-14-34)16-23(17-3-2-4-18(15-17)25(27,28)29)33(24)20-7-11-22(12-8-20)35-21-9-5-19(26)6-10-21/h2-12,15,23,34H,13-14,16H2/b31-24+/t23-/m1/s1. The Bertz CT molecular complexity index is 1240. The Kier molecular flexibility index (Phi) is 7.15. The Labute approximate surface area is 205 Å². The molecule has 0 bridgehead atoms. The van der Waals surface area contributed by atoms with Gasteiger partial charge in [0.15, 0.2) is 0 Å². The Balaban J connectivity index is 1.70. The van der Waals surface area contributed by atoms with Crippen molar-refractivity contribution < 1.29 is 23.0 Å². The summed E-state index contributed by atoms with van der Waals surface area (Å²) in [5.74, 6) is 1.39. The molecule has 1 aliphatic heterocycles. The van der Waals surface area contributed by atoms with Crippen molar-refractivity contribution in [3.8, 4) is 11.5 Å². The van der Waals surface area contributed by atoms with Crippen LogP contribution >= 0.6 is 11.6 Å². The molecule has 10 heteroatoms. The fourth-order valence-corrected chi connectivity index (χ4v) is 4.04. The summed E-state index contributed by atoms with van der Waals surface area (Å²) >= 11 is 5.91. The van der Waals surface area contributed by atoms with Gasteiger partial charge >= 0.3 is 6.18 Å². The number of hydrogen-bond acceptors (Lipinski definition) is 3. The van der Waals surface area contributed by atoms with Crippen LogP contribution in [0.1, 0.15) is 17.2 Å². The average molecular weight is 501 g/mol. The second kappa shape index (κ2) is 10.3. The molecule has 35 heavy (non-hydrogen) atoms. The van der Waals surface area contributed by atoms with E-state index in [9.17, 15) is 18.3 Å². The summed E-state index contributed by atoms with van der Waals surface area (Å²) in [7, 11) is 0. The molecular weight excluding hydrogens is 481 g/mol. The van der Waals surface area contributed by atoms with Gasteiger partial charge in [-0.15, -0.1) is 4.95 Å². The highest BCUT2D eigenvalue weighted by atomic mass is 35.5. The molecule has 0 amide bonds. The van der Waals surface area contributed by atoms with E-state index in [2.05, 4.69) is 10.1 Å². The highest BCUT2D eigenvalue weighted by Gasteiger charge is 2.40. The number of benzene rings is 3. The number of anilines is 1. The van der Waals surface area contributed by atoms with Crippen LogP contribution in [0, 0.1) is 6.57 Å². The molecule has 0 spiro atoms. The van der Waals surface area contributed by atoms with Crippen molar-refractivity contribution in [2.75, 3.05) is 24.6 Å². The fraction of sp³-hybridized carbons (Fsp3) is 0.200. The SMILES string of the molecule is [C-]#[N+]/N=C1\N(CCO)C[C@H](c2cccc(C(F)(F)F)c2)N1c1ccc(Oc2ccc(Cl)cc2)cc1. The average Bonchev–Trinajstić information content (AvgIpc) is 3.19. The predicted octanol–water partition coefficient (Wildman–Crippen LogP) is 6.20. The molecule has 1 atom stereocenters. The molecule has 0 saturated carbocycles. The number of β-amino-alcohol motifs (C(OH)–C–C–N with tert-alkyl or cyclic N) is 1. The lowest BCUT2D eigenvalue weighted by Gasteiger charge is -2.25. The quantitative estimate of drug-likeness (QED) is 0.323. The lowest BCUT2D eigenvalue weighted by Crippen LogP contribution is -2.35. The monoisotopic (exact) mass is 500 g/mol. The van der Waals surface area contributed by atoms with Gasteiger partial charge in [-0.2, -0.15) is 19.7 Å². The second-order valence-corrected chi connectivity index (χ2v) is 8.16. The van der Waals surface area contributed by atoms with E-state index in [-0.39, 0.29) is 25.7 Å². The van der Waals surface area contributed by atoms with Crippen molar-refractivity contribution >= 4 is 23.2 Å². The summed E-state index contributed by atoms with van der Waals surface area (Å²) in [5.41, 5.74) is 0.268. The van der Waals surface area contributed by atoms with Gasteiger partial charge in [0.2, 0.25) is 0 Å². The number of rotatable bonds is 6. The van der Waals surface area contributed by atoms with Gasteiger partial charge in [0.25, 0.3) is 5.96 Å². The number of halogens is 4. The van der Waals surface area contributed by atoms with Crippen LogP contribution in [0.25, 0.3) is 4.95 Å². The van der Waals surface area contributed by atoms with E-state index in [0.29, 0.717) is 27.8 Å². The zero-order chi connectivity index (χ0) is 25.0. The van der Waals surface area contributed by atoms with Crippen LogP contribution in [0.5, 0.6) is 11.5 Å². The number of aliphatic hydroxyl groups is 1. The summed E-state index contributed by atoms with van der Waals surface area (Å²) in [5, 5.41) is 14.0. The number of guanidine groups is 1. The van der Waals surface area contributed by atoms with Crippen LogP contribution in [0.2, 0.25) is 5.02 Å². The Morgan fingerprint density at radius 1 is 1.06 bits per heavy atom. The number of nitrogens with zero attached hydrogens (tertiary/aromatic N) is 4. The zero-order valence-corrected chi connectivity index (χ0v) is 19.0. The first-order valence-electron chi connectivity index (χ1n) is 10.6. The Hall–Kier alpha value is -3.74. The molecule has 1 N–H and O–H groups in total. The largest absolute Gasteiger partial charge is 0.457 e. The fourth-order valence-electron chi connectivity index (χ4n) is 3.92. The minimum Gasteiger partial charge on any atom is -0.457 e. The molecule has 1 heterocycles. The molecule has 3 aromatic rings. The van der Waals surface area contributed by atoms with Crippen molar-refractivity contribution in [3.63, 3.8) is 0 Å². The minimum absolute atomic E-state index is 0.179. The lowest BCUT2D eigenvalue weighted by molar-refractivity contribution is -0.137. The lowest BCUT2D eigenvalue weighted by atomic mass is 10.0. The molecule has 0 aromatic heterocycles. The van der Waals surface area contributed by atoms with Gasteiger partial charge in [0, 0.05) is 23.8 Å². The van der Waals surface area contributed by atoms with Crippen LogP contribution < -0.4 is 9.64 Å². The number of aliphatic hydroxyl groups excluding tert-OH is 1. The predicted molar refractivity (Wildman–Crippen MR) is 127 cm³/mol. The molecule has 3 aromatic carbocycles. The maximum absolute atomic E-state index is 13.4. The maximum atomic E-state index is 13.4. The molecule has 0 radical (unpaired) electrons. The summed E-state index contributed by atoms with van der Waals surface area (Å²) < 4.78 is 45.9. The molecule has 0 unspecified atom stereocenters. The Morgan fingerprint density at radius 2 is 1.71 bits per heavy atom. The van der Waals surface area contributed by atoms with Crippen molar-refractivity contribution in [2.24, 2.45) is 5.10 Å². The van der Waals surface area contributed by atoms with Crippen LogP contribution in [-0.4, -0.2) is 35.7 Å². The summed E-state index contributed by atoms with van der Waals surface area (Å²) in [6.45, 7) is 7.47. The third-order valence-corrected chi connectivity index (χ3v) is 5.73. The first-order valence-corrected chi connectivity index (χ1v) is 11.0. The van der Waals surface area contributed by atoms with Crippen molar-refractivity contribution in [1.82, 2.24) is 4.90 Å². The van der Waals surface area contributed by atoms with E-state index in [1.165, 1.54) is 6.07 Å². The highest BCUT2D eigenvalue weighted by molar-refractivity contribution is 6.30. The van der Waals surface area contributed by atoms with Crippen LogP contribution in [0.15, 0.2) is 77.9 Å². The molecule has 4 rings (SSSR count). The third-order valence-electron chi connectivity index (χ3n) is 5.48. The zero-order valence-electron chi connectivity index (χ0n) is 18.3. The van der Waals surface area contributed by atoms with E-state index < -0.39 is 17.8 Å². The van der Waals surface area contributed by atoms with E-state index in [4.69, 9.17) is 22.9 Å². The van der Waals surface area contributed by atoms with E-state index in [0.717, 1.165) is 12.1 Å². The molecule has 180 valence electrons. The van der Waals surface area contributed by atoms with Crippen molar-refractivity contribution in [3.05, 3.63) is 100 Å². The van der Waals surface area contributed by atoms with E-state index >= 15 is 0 Å². The number of hydrogen-bond donors (Lipinski definition) is 1. The molecule has 0 aliphatic carbocycles. The van der Waals surface area contributed by atoms with Crippen molar-refractivity contribution in [1.29, 1.82) is 0 Å². The van der Waals surface area contributed by atoms with Gasteiger partial charge in [-0.25, -0.2) is 0 Å². The van der Waals surface area contributed by atoms with Gasteiger partial charge in [-0.1, -0.05) is 23.7 Å². The highest BCUT2D eigenvalue weighted by Crippen LogP contribution is 2.38. The summed E-state index contributed by atoms with van der Waals surface area (Å²) in [4.78, 5) is 6.53. The van der Waals surface area contributed by atoms with Crippen LogP contribution in [-0.2, 0) is 6.18 Å². The van der Waals surface area contributed by atoms with Gasteiger partial charge in [-0.3, -0.25) is 4.90 Å². The smallest absolute Gasteiger partial charge is 0.416 e. The molecule has 1 saturated heterocycles. The van der Waals surface area contributed by atoms with Crippen LogP contribution in [0.4, 0.5) is 18.9 Å².